The van der Waals surface area contributed by atoms with E-state index in [1.54, 1.807) is 6.07 Å². The molecule has 0 saturated carbocycles. The van der Waals surface area contributed by atoms with Gasteiger partial charge in [-0.15, -0.1) is 11.8 Å². The fourth-order valence-electron chi connectivity index (χ4n) is 2.85. The van der Waals surface area contributed by atoms with Crippen molar-refractivity contribution in [1.29, 1.82) is 5.26 Å². The van der Waals surface area contributed by atoms with E-state index in [0.717, 1.165) is 36.8 Å². The Hall–Kier alpha value is -2.04. The zero-order valence-corrected chi connectivity index (χ0v) is 14.4. The minimum absolute atomic E-state index is 0.121. The van der Waals surface area contributed by atoms with Crippen molar-refractivity contribution in [3.8, 4) is 6.07 Å². The van der Waals surface area contributed by atoms with Crippen LogP contribution in [0.1, 0.15) is 27.9 Å². The molecule has 0 radical (unpaired) electrons. The van der Waals surface area contributed by atoms with E-state index in [1.807, 2.05) is 13.1 Å². The summed E-state index contributed by atoms with van der Waals surface area (Å²) in [6.07, 6.45) is -3.60. The van der Waals surface area contributed by atoms with Crippen LogP contribution in [-0.4, -0.2) is 23.5 Å². The number of benzene rings is 1. The molecule has 1 aromatic carbocycles. The van der Waals surface area contributed by atoms with Crippen molar-refractivity contribution in [2.24, 2.45) is 0 Å². The van der Waals surface area contributed by atoms with Crippen LogP contribution in [-0.2, 0) is 24.9 Å². The summed E-state index contributed by atoms with van der Waals surface area (Å²) in [5, 5.41) is 9.87. The Balaban J connectivity index is 1.86. The summed E-state index contributed by atoms with van der Waals surface area (Å²) < 4.78 is 39.3. The van der Waals surface area contributed by atoms with Crippen LogP contribution in [0.3, 0.4) is 0 Å². The van der Waals surface area contributed by atoms with E-state index < -0.39 is 11.7 Å². The Kier molecular flexibility index (Phi) is 5.02. The van der Waals surface area contributed by atoms with Crippen molar-refractivity contribution in [1.82, 2.24) is 9.88 Å². The van der Waals surface area contributed by atoms with Gasteiger partial charge in [-0.25, -0.2) is 4.98 Å². The molecular weight excluding hydrogens is 347 g/mol. The summed E-state index contributed by atoms with van der Waals surface area (Å²) >= 11 is 1.18. The second kappa shape index (κ2) is 7.06. The Labute approximate surface area is 148 Å². The van der Waals surface area contributed by atoms with Crippen molar-refractivity contribution in [2.45, 2.75) is 29.9 Å². The topological polar surface area (TPSA) is 39.9 Å². The molecule has 0 fully saturated rings. The summed E-state index contributed by atoms with van der Waals surface area (Å²) in [7, 11) is 2.01. The number of thioether (sulfide) groups is 1. The van der Waals surface area contributed by atoms with E-state index in [4.69, 9.17) is 0 Å². The highest BCUT2D eigenvalue weighted by Gasteiger charge is 2.32. The van der Waals surface area contributed by atoms with Crippen LogP contribution < -0.4 is 0 Å². The lowest BCUT2D eigenvalue weighted by Crippen LogP contribution is -2.27. The molecule has 3 rings (SSSR count). The molecule has 3 nitrogen and oxygen atoms in total. The Morgan fingerprint density at radius 2 is 2.08 bits per heavy atom. The lowest BCUT2D eigenvalue weighted by atomic mass is 10.0. The standard InChI is InChI=1S/C18H16F3N3S/c1-24-7-6-16-14(10-24)8-13(9-22)17(23-16)25-11-12-4-2-3-5-15(12)18(19,20)21/h2-5,8H,6-7,10-11H2,1H3. The molecule has 1 aliphatic heterocycles. The average Bonchev–Trinajstić information content (AvgIpc) is 2.58. The first kappa shape index (κ1) is 17.8. The predicted octanol–water partition coefficient (Wildman–Crippen LogP) is 4.25. The number of halogens is 3. The lowest BCUT2D eigenvalue weighted by molar-refractivity contribution is -0.138. The fourth-order valence-corrected chi connectivity index (χ4v) is 3.83. The average molecular weight is 363 g/mol. The number of rotatable bonds is 3. The van der Waals surface area contributed by atoms with Gasteiger partial charge >= 0.3 is 6.18 Å². The van der Waals surface area contributed by atoms with E-state index >= 15 is 0 Å². The van der Waals surface area contributed by atoms with Gasteiger partial charge < -0.3 is 4.90 Å². The van der Waals surface area contributed by atoms with Gasteiger partial charge in [0.2, 0.25) is 0 Å². The first-order chi connectivity index (χ1) is 11.9. The van der Waals surface area contributed by atoms with Gasteiger partial charge in [-0.05, 0) is 30.3 Å². The molecule has 0 aliphatic carbocycles. The molecule has 0 saturated heterocycles. The number of hydrogen-bond acceptors (Lipinski definition) is 4. The normalized spacial score (nSPS) is 14.8. The molecule has 0 spiro atoms. The molecule has 7 heteroatoms. The summed E-state index contributed by atoms with van der Waals surface area (Å²) in [6, 6.07) is 9.45. The van der Waals surface area contributed by atoms with E-state index in [1.165, 1.54) is 23.9 Å². The van der Waals surface area contributed by atoms with Crippen LogP contribution in [0, 0.1) is 11.3 Å². The Morgan fingerprint density at radius 1 is 1.32 bits per heavy atom. The van der Waals surface area contributed by atoms with Gasteiger partial charge in [0.05, 0.1) is 11.1 Å². The highest BCUT2D eigenvalue weighted by Crippen LogP contribution is 2.35. The molecule has 0 bridgehead atoms. The molecule has 130 valence electrons. The number of pyridine rings is 1. The van der Waals surface area contributed by atoms with E-state index in [-0.39, 0.29) is 11.3 Å². The molecule has 2 aromatic rings. The molecule has 25 heavy (non-hydrogen) atoms. The zero-order valence-electron chi connectivity index (χ0n) is 13.6. The number of alkyl halides is 3. The van der Waals surface area contributed by atoms with Crippen LogP contribution in [0.15, 0.2) is 35.4 Å². The van der Waals surface area contributed by atoms with Gasteiger partial charge in [0, 0.05) is 31.0 Å². The van der Waals surface area contributed by atoms with Crippen molar-refractivity contribution in [3.63, 3.8) is 0 Å². The summed E-state index contributed by atoms with van der Waals surface area (Å²) in [5.74, 6) is 0.121. The van der Waals surface area contributed by atoms with Crippen molar-refractivity contribution < 1.29 is 13.2 Å². The monoisotopic (exact) mass is 363 g/mol. The Morgan fingerprint density at radius 3 is 2.80 bits per heavy atom. The molecule has 0 unspecified atom stereocenters. The van der Waals surface area contributed by atoms with Gasteiger partial charge in [0.15, 0.2) is 0 Å². The third kappa shape index (κ3) is 3.97. The summed E-state index contributed by atoms with van der Waals surface area (Å²) in [4.78, 5) is 6.71. The van der Waals surface area contributed by atoms with Crippen LogP contribution in [0.2, 0.25) is 0 Å². The highest BCUT2D eigenvalue weighted by molar-refractivity contribution is 7.98. The number of likely N-dealkylation sites (N-methyl/N-ethyl adjacent to an activating group) is 1. The summed E-state index contributed by atoms with van der Waals surface area (Å²) in [6.45, 7) is 1.62. The van der Waals surface area contributed by atoms with Crippen molar-refractivity contribution >= 4 is 11.8 Å². The number of hydrogen-bond donors (Lipinski definition) is 0. The maximum absolute atomic E-state index is 13.1. The summed E-state index contributed by atoms with van der Waals surface area (Å²) in [5.41, 5.74) is 1.93. The number of fused-ring (bicyclic) bond motifs is 1. The number of nitrogens with zero attached hydrogens (tertiary/aromatic N) is 3. The van der Waals surface area contributed by atoms with E-state index in [9.17, 15) is 18.4 Å². The molecule has 2 heterocycles. The van der Waals surface area contributed by atoms with E-state index in [0.29, 0.717) is 10.6 Å². The second-order valence-electron chi connectivity index (χ2n) is 5.99. The highest BCUT2D eigenvalue weighted by atomic mass is 32.2. The van der Waals surface area contributed by atoms with Gasteiger partial charge in [0.1, 0.15) is 11.1 Å². The Bertz CT molecular complexity index is 827. The SMILES string of the molecule is CN1CCc2nc(SCc3ccccc3C(F)(F)F)c(C#N)cc2C1. The molecule has 1 aliphatic rings. The number of aromatic nitrogens is 1. The number of nitriles is 1. The third-order valence-corrected chi connectivity index (χ3v) is 5.17. The van der Waals surface area contributed by atoms with Gasteiger partial charge in [-0.2, -0.15) is 18.4 Å². The van der Waals surface area contributed by atoms with E-state index in [2.05, 4.69) is 16.0 Å². The first-order valence-electron chi connectivity index (χ1n) is 7.78. The first-order valence-corrected chi connectivity index (χ1v) is 8.76. The zero-order chi connectivity index (χ0) is 18.0. The molecule has 0 N–H and O–H groups in total. The van der Waals surface area contributed by atoms with Gasteiger partial charge in [0.25, 0.3) is 0 Å². The minimum atomic E-state index is -4.39. The molecule has 0 atom stereocenters. The van der Waals surface area contributed by atoms with Crippen LogP contribution in [0.5, 0.6) is 0 Å². The smallest absolute Gasteiger partial charge is 0.302 e. The van der Waals surface area contributed by atoms with Gasteiger partial charge in [-0.3, -0.25) is 0 Å². The maximum atomic E-state index is 13.1. The largest absolute Gasteiger partial charge is 0.416 e. The quantitative estimate of drug-likeness (QED) is 0.765. The fraction of sp³-hybridized carbons (Fsp3) is 0.333. The lowest BCUT2D eigenvalue weighted by Gasteiger charge is -2.24. The van der Waals surface area contributed by atoms with Crippen molar-refractivity contribution in [2.75, 3.05) is 13.6 Å². The molecule has 0 amide bonds. The third-order valence-electron chi connectivity index (χ3n) is 4.13. The van der Waals surface area contributed by atoms with Crippen molar-refractivity contribution in [3.05, 3.63) is 58.3 Å². The molecular formula is C18H16F3N3S. The van der Waals surface area contributed by atoms with Gasteiger partial charge in [-0.1, -0.05) is 18.2 Å². The molecule has 1 aromatic heterocycles. The van der Waals surface area contributed by atoms with Crippen LogP contribution in [0.4, 0.5) is 13.2 Å². The van der Waals surface area contributed by atoms with Crippen LogP contribution >= 0.6 is 11.8 Å². The predicted molar refractivity (Wildman–Crippen MR) is 90.0 cm³/mol. The second-order valence-corrected chi connectivity index (χ2v) is 6.95. The maximum Gasteiger partial charge on any atom is 0.416 e. The minimum Gasteiger partial charge on any atom is -0.302 e. The van der Waals surface area contributed by atoms with Crippen LogP contribution in [0.25, 0.3) is 0 Å².